The van der Waals surface area contributed by atoms with Gasteiger partial charge in [-0.05, 0) is 61.4 Å². The third kappa shape index (κ3) is 3.36. The summed E-state index contributed by atoms with van der Waals surface area (Å²) in [5, 5.41) is 8.52. The first-order chi connectivity index (χ1) is 14.1. The molecule has 0 unspecified atom stereocenters. The van der Waals surface area contributed by atoms with E-state index in [1.165, 1.54) is 37.7 Å². The first-order valence-electron chi connectivity index (χ1n) is 10.6. The Labute approximate surface area is 171 Å². The van der Waals surface area contributed by atoms with E-state index in [0.717, 1.165) is 18.5 Å². The molecule has 0 amide bonds. The van der Waals surface area contributed by atoms with Crippen LogP contribution in [0.4, 0.5) is 0 Å². The van der Waals surface area contributed by atoms with Crippen LogP contribution in [0.5, 0.6) is 0 Å². The van der Waals surface area contributed by atoms with Crippen molar-refractivity contribution < 1.29 is 8.42 Å². The Bertz CT molecular complexity index is 1100. The number of nitrogens with zero attached hydrogens (tertiary/aromatic N) is 4. The summed E-state index contributed by atoms with van der Waals surface area (Å²) < 4.78 is 30.4. The van der Waals surface area contributed by atoms with Crippen molar-refractivity contribution in [2.45, 2.75) is 61.8 Å². The minimum atomic E-state index is -3.58. The number of hydrogen-bond donors (Lipinski definition) is 0. The van der Waals surface area contributed by atoms with Crippen LogP contribution >= 0.6 is 0 Å². The Hall–Kier alpha value is -2.25. The predicted octanol–water partition coefficient (Wildman–Crippen LogP) is 4.30. The van der Waals surface area contributed by atoms with Crippen molar-refractivity contribution in [3.63, 3.8) is 0 Å². The van der Waals surface area contributed by atoms with E-state index in [0.29, 0.717) is 23.2 Å². The van der Waals surface area contributed by atoms with Crippen LogP contribution in [0.15, 0.2) is 53.6 Å². The molecule has 0 radical (unpaired) electrons. The van der Waals surface area contributed by atoms with Gasteiger partial charge in [0.2, 0.25) is 10.0 Å². The van der Waals surface area contributed by atoms with Crippen LogP contribution in [0.2, 0.25) is 0 Å². The lowest BCUT2D eigenvalue weighted by Gasteiger charge is -2.24. The minimum absolute atomic E-state index is 0.282. The molecule has 2 aliphatic rings. The van der Waals surface area contributed by atoms with Crippen molar-refractivity contribution in [2.75, 3.05) is 6.54 Å². The Morgan fingerprint density at radius 1 is 0.862 bits per heavy atom. The van der Waals surface area contributed by atoms with Gasteiger partial charge in [-0.3, -0.25) is 4.40 Å². The molecule has 1 atom stereocenters. The number of rotatable bonds is 4. The molecule has 0 N–H and O–H groups in total. The molecule has 3 aromatic rings. The molecule has 152 valence electrons. The standard InChI is InChI=1S/C22H26N4O2S/c27-29(28,19-13-11-18(12-14-19)17-7-2-1-3-8-17)26-16-6-9-20(26)22-24-23-21-10-4-5-15-25(21)22/h4-5,10-15,17,20H,1-3,6-9,16H2/t20-/m0/s1. The van der Waals surface area contributed by atoms with Crippen LogP contribution in [-0.4, -0.2) is 33.9 Å². The van der Waals surface area contributed by atoms with E-state index in [9.17, 15) is 8.42 Å². The summed E-state index contributed by atoms with van der Waals surface area (Å²) >= 11 is 0. The molecule has 1 saturated carbocycles. The van der Waals surface area contributed by atoms with Gasteiger partial charge >= 0.3 is 0 Å². The second-order valence-corrected chi connectivity index (χ2v) is 10.1. The molecule has 0 bridgehead atoms. The summed E-state index contributed by atoms with van der Waals surface area (Å²) in [7, 11) is -3.58. The minimum Gasteiger partial charge on any atom is -0.285 e. The van der Waals surface area contributed by atoms with Gasteiger partial charge in [-0.15, -0.1) is 10.2 Å². The zero-order valence-corrected chi connectivity index (χ0v) is 17.3. The molecule has 3 heterocycles. The zero-order chi connectivity index (χ0) is 19.8. The number of sulfonamides is 1. The summed E-state index contributed by atoms with van der Waals surface area (Å²) in [6.45, 7) is 0.513. The van der Waals surface area contributed by atoms with E-state index in [2.05, 4.69) is 10.2 Å². The summed E-state index contributed by atoms with van der Waals surface area (Å²) in [6.07, 6.45) is 9.75. The van der Waals surface area contributed by atoms with E-state index in [-0.39, 0.29) is 6.04 Å². The summed E-state index contributed by atoms with van der Waals surface area (Å²) in [6, 6.07) is 13.0. The van der Waals surface area contributed by atoms with Gasteiger partial charge in [-0.1, -0.05) is 37.5 Å². The average Bonchev–Trinajstić information content (AvgIpc) is 3.42. The molecule has 2 fully saturated rings. The number of fused-ring (bicyclic) bond motifs is 1. The van der Waals surface area contributed by atoms with Crippen molar-refractivity contribution in [3.05, 3.63) is 60.0 Å². The third-order valence-corrected chi connectivity index (χ3v) is 8.33. The molecular formula is C22H26N4O2S. The first-order valence-corrected chi connectivity index (χ1v) is 12.0. The number of pyridine rings is 1. The highest BCUT2D eigenvalue weighted by atomic mass is 32.2. The van der Waals surface area contributed by atoms with Gasteiger partial charge in [0, 0.05) is 12.7 Å². The normalized spacial score (nSPS) is 21.7. The van der Waals surface area contributed by atoms with Crippen LogP contribution < -0.4 is 0 Å². The van der Waals surface area contributed by atoms with E-state index in [1.807, 2.05) is 40.9 Å². The van der Waals surface area contributed by atoms with Crippen LogP contribution in [0.1, 0.15) is 68.3 Å². The van der Waals surface area contributed by atoms with Crippen LogP contribution in [0, 0.1) is 0 Å². The molecule has 6 nitrogen and oxygen atoms in total. The summed E-state index contributed by atoms with van der Waals surface area (Å²) in [4.78, 5) is 0.373. The highest BCUT2D eigenvalue weighted by Crippen LogP contribution is 2.37. The Balaban J connectivity index is 1.44. The molecule has 29 heavy (non-hydrogen) atoms. The van der Waals surface area contributed by atoms with E-state index >= 15 is 0 Å². The maximum absolute atomic E-state index is 13.4. The average molecular weight is 411 g/mol. The molecule has 1 aliphatic heterocycles. The first kappa shape index (κ1) is 18.8. The highest BCUT2D eigenvalue weighted by Gasteiger charge is 2.38. The highest BCUT2D eigenvalue weighted by molar-refractivity contribution is 7.89. The molecule has 7 heteroatoms. The molecule has 1 saturated heterocycles. The fourth-order valence-electron chi connectivity index (χ4n) is 4.86. The van der Waals surface area contributed by atoms with E-state index < -0.39 is 10.0 Å². The predicted molar refractivity (Wildman–Crippen MR) is 111 cm³/mol. The van der Waals surface area contributed by atoms with E-state index in [4.69, 9.17) is 0 Å². The monoisotopic (exact) mass is 410 g/mol. The van der Waals surface area contributed by atoms with Gasteiger partial charge in [0.1, 0.15) is 0 Å². The molecule has 1 aliphatic carbocycles. The van der Waals surface area contributed by atoms with Crippen LogP contribution in [0.3, 0.4) is 0 Å². The largest absolute Gasteiger partial charge is 0.285 e. The fourth-order valence-corrected chi connectivity index (χ4v) is 6.51. The zero-order valence-electron chi connectivity index (χ0n) is 16.4. The number of benzene rings is 1. The second-order valence-electron chi connectivity index (χ2n) is 8.16. The Morgan fingerprint density at radius 3 is 2.45 bits per heavy atom. The fraction of sp³-hybridized carbons (Fsp3) is 0.455. The van der Waals surface area contributed by atoms with Gasteiger partial charge in [0.15, 0.2) is 11.5 Å². The molecular weight excluding hydrogens is 384 g/mol. The maximum Gasteiger partial charge on any atom is 0.243 e. The summed E-state index contributed by atoms with van der Waals surface area (Å²) in [5.74, 6) is 1.27. The lowest BCUT2D eigenvalue weighted by molar-refractivity contribution is 0.381. The van der Waals surface area contributed by atoms with Crippen LogP contribution in [0.25, 0.3) is 5.65 Å². The molecule has 5 rings (SSSR count). The lowest BCUT2D eigenvalue weighted by Crippen LogP contribution is -2.31. The van der Waals surface area contributed by atoms with E-state index in [1.54, 1.807) is 16.4 Å². The summed E-state index contributed by atoms with van der Waals surface area (Å²) in [5.41, 5.74) is 2.01. The van der Waals surface area contributed by atoms with Crippen molar-refractivity contribution in [3.8, 4) is 0 Å². The molecule has 1 aromatic carbocycles. The van der Waals surface area contributed by atoms with Gasteiger partial charge in [0.25, 0.3) is 0 Å². The van der Waals surface area contributed by atoms with Crippen LogP contribution in [-0.2, 0) is 10.0 Å². The van der Waals surface area contributed by atoms with Crippen molar-refractivity contribution in [1.82, 2.24) is 18.9 Å². The molecule has 0 spiro atoms. The molecule has 2 aromatic heterocycles. The van der Waals surface area contributed by atoms with Gasteiger partial charge in [-0.2, -0.15) is 4.31 Å². The quantitative estimate of drug-likeness (QED) is 0.643. The van der Waals surface area contributed by atoms with Gasteiger partial charge < -0.3 is 0 Å². The maximum atomic E-state index is 13.4. The smallest absolute Gasteiger partial charge is 0.243 e. The van der Waals surface area contributed by atoms with Crippen molar-refractivity contribution in [2.24, 2.45) is 0 Å². The van der Waals surface area contributed by atoms with Crippen molar-refractivity contribution in [1.29, 1.82) is 0 Å². The van der Waals surface area contributed by atoms with Gasteiger partial charge in [0.05, 0.1) is 10.9 Å². The topological polar surface area (TPSA) is 67.6 Å². The number of hydrogen-bond acceptors (Lipinski definition) is 4. The number of aromatic nitrogens is 3. The Kier molecular flexibility index (Phi) is 4.87. The van der Waals surface area contributed by atoms with Gasteiger partial charge in [-0.25, -0.2) is 8.42 Å². The van der Waals surface area contributed by atoms with Crippen molar-refractivity contribution >= 4 is 15.7 Å². The lowest BCUT2D eigenvalue weighted by atomic mass is 9.84. The second kappa shape index (κ2) is 7.54. The third-order valence-electron chi connectivity index (χ3n) is 6.41. The SMILES string of the molecule is O=S(=O)(c1ccc(C2CCCCC2)cc1)N1CCC[C@H]1c1nnc2ccccn12. The Morgan fingerprint density at radius 2 is 1.66 bits per heavy atom.